The third-order valence-corrected chi connectivity index (χ3v) is 6.90. The fourth-order valence-corrected chi connectivity index (χ4v) is 5.21. The van der Waals surface area contributed by atoms with E-state index in [1.54, 1.807) is 11.3 Å². The highest BCUT2D eigenvalue weighted by Gasteiger charge is 2.42. The van der Waals surface area contributed by atoms with Gasteiger partial charge in [0.2, 0.25) is 5.89 Å². The molecule has 0 saturated carbocycles. The average Bonchev–Trinajstić information content (AvgIpc) is 3.34. The summed E-state index contributed by atoms with van der Waals surface area (Å²) in [5.74, 6) is 1.00. The van der Waals surface area contributed by atoms with Gasteiger partial charge >= 0.3 is 0 Å². The van der Waals surface area contributed by atoms with Crippen molar-refractivity contribution in [2.24, 2.45) is 0 Å². The zero-order valence-electron chi connectivity index (χ0n) is 15.9. The molecule has 0 unspecified atom stereocenters. The van der Waals surface area contributed by atoms with Gasteiger partial charge in [0.15, 0.2) is 5.82 Å². The maximum absolute atomic E-state index is 12.6. The van der Waals surface area contributed by atoms with Crippen LogP contribution in [-0.4, -0.2) is 47.2 Å². The minimum absolute atomic E-state index is 0.0909. The number of hydrogen-bond acceptors (Lipinski definition) is 7. The summed E-state index contributed by atoms with van der Waals surface area (Å²) in [7, 11) is 0. The van der Waals surface area contributed by atoms with Gasteiger partial charge in [-0.3, -0.25) is 4.79 Å². The zero-order valence-corrected chi connectivity index (χ0v) is 16.7. The summed E-state index contributed by atoms with van der Waals surface area (Å²) in [5.41, 5.74) is 1.07. The average molecular weight is 391 g/mol. The Labute approximate surface area is 163 Å². The summed E-state index contributed by atoms with van der Waals surface area (Å²) < 4.78 is 11.4. The second kappa shape index (κ2) is 7.69. The number of amides is 1. The molecule has 27 heavy (non-hydrogen) atoms. The number of hydrogen-bond donors (Lipinski definition) is 1. The maximum atomic E-state index is 12.6. The molecule has 1 spiro atoms. The lowest BCUT2D eigenvalue weighted by atomic mass is 9.85. The number of fused-ring (bicyclic) bond motifs is 2. The quantitative estimate of drug-likeness (QED) is 0.845. The molecular formula is C19H26N4O3S. The topological polar surface area (TPSA) is 80.5 Å². The molecule has 1 saturated heterocycles. The largest absolute Gasteiger partial charge is 0.369 e. The molecule has 4 rings (SSSR count). The van der Waals surface area contributed by atoms with E-state index in [1.165, 1.54) is 10.4 Å². The number of rotatable bonds is 5. The third-order valence-electron chi connectivity index (χ3n) is 5.53. The lowest BCUT2D eigenvalue weighted by molar-refractivity contribution is -0.0944. The molecular weight excluding hydrogens is 364 g/mol. The number of carbonyl (C=O) groups excluding carboxylic acids is 1. The molecule has 0 atom stereocenters. The summed E-state index contributed by atoms with van der Waals surface area (Å²) in [6.45, 7) is 8.33. The molecule has 0 bridgehead atoms. The molecule has 2 aliphatic rings. The number of aromatic nitrogens is 2. The Balaban J connectivity index is 1.47. The van der Waals surface area contributed by atoms with Crippen LogP contribution in [0, 0.1) is 0 Å². The number of thiophene rings is 1. The molecule has 0 aliphatic carbocycles. The Morgan fingerprint density at radius 1 is 1.37 bits per heavy atom. The molecule has 7 nitrogen and oxygen atoms in total. The first-order valence-electron chi connectivity index (χ1n) is 9.72. The smallest absolute Gasteiger partial charge is 0.261 e. The van der Waals surface area contributed by atoms with E-state index < -0.39 is 0 Å². The van der Waals surface area contributed by atoms with E-state index >= 15 is 0 Å². The van der Waals surface area contributed by atoms with Gasteiger partial charge < -0.3 is 19.5 Å². The molecule has 1 amide bonds. The second-order valence-corrected chi connectivity index (χ2v) is 8.18. The molecule has 146 valence electrons. The van der Waals surface area contributed by atoms with E-state index in [2.05, 4.69) is 27.3 Å². The van der Waals surface area contributed by atoms with Gasteiger partial charge in [0.25, 0.3) is 5.91 Å². The number of aryl methyl sites for hydroxylation is 1. The van der Waals surface area contributed by atoms with Crippen LogP contribution >= 0.6 is 11.3 Å². The number of piperidine rings is 1. The fourth-order valence-electron chi connectivity index (χ4n) is 3.88. The predicted molar refractivity (Wildman–Crippen MR) is 102 cm³/mol. The minimum Gasteiger partial charge on any atom is -0.369 e. The van der Waals surface area contributed by atoms with Gasteiger partial charge in [-0.2, -0.15) is 4.98 Å². The summed E-state index contributed by atoms with van der Waals surface area (Å²) in [5, 5.41) is 6.75. The van der Waals surface area contributed by atoms with Crippen molar-refractivity contribution in [2.75, 3.05) is 26.2 Å². The zero-order chi connectivity index (χ0) is 18.9. The highest BCUT2D eigenvalue weighted by molar-refractivity contribution is 7.14. The molecule has 4 heterocycles. The SMILES string of the molecule is CCc1noc(CNC(=O)c2cc3c(s2)C2(CCN(CC)CC2)OCC3)n1. The number of carbonyl (C=O) groups is 1. The van der Waals surface area contributed by atoms with Crippen LogP contribution in [0.3, 0.4) is 0 Å². The van der Waals surface area contributed by atoms with Crippen LogP contribution in [0.2, 0.25) is 0 Å². The summed E-state index contributed by atoms with van der Waals surface area (Å²) in [6, 6.07) is 2.04. The fraction of sp³-hybridized carbons (Fsp3) is 0.632. The van der Waals surface area contributed by atoms with Crippen LogP contribution in [-0.2, 0) is 29.7 Å². The van der Waals surface area contributed by atoms with E-state index in [0.29, 0.717) is 18.1 Å². The van der Waals surface area contributed by atoms with Gasteiger partial charge in [-0.1, -0.05) is 19.0 Å². The van der Waals surface area contributed by atoms with Crippen molar-refractivity contribution >= 4 is 17.2 Å². The molecule has 8 heteroatoms. The van der Waals surface area contributed by atoms with Crippen molar-refractivity contribution in [2.45, 2.75) is 51.7 Å². The van der Waals surface area contributed by atoms with Crippen molar-refractivity contribution in [3.05, 3.63) is 33.1 Å². The van der Waals surface area contributed by atoms with E-state index in [0.717, 1.165) is 50.4 Å². The Bertz CT molecular complexity index is 808. The van der Waals surface area contributed by atoms with Gasteiger partial charge in [0.1, 0.15) is 5.60 Å². The molecule has 2 aromatic heterocycles. The summed E-state index contributed by atoms with van der Waals surface area (Å²) >= 11 is 1.58. The maximum Gasteiger partial charge on any atom is 0.261 e. The number of likely N-dealkylation sites (tertiary alicyclic amines) is 1. The van der Waals surface area contributed by atoms with E-state index in [4.69, 9.17) is 9.26 Å². The minimum atomic E-state index is -0.203. The molecule has 0 radical (unpaired) electrons. The monoisotopic (exact) mass is 390 g/mol. The predicted octanol–water partition coefficient (Wildman–Crippen LogP) is 2.51. The van der Waals surface area contributed by atoms with Crippen LogP contribution in [0.15, 0.2) is 10.6 Å². The van der Waals surface area contributed by atoms with E-state index in [9.17, 15) is 4.79 Å². The standard InChI is InChI=1S/C19H26N4O3S/c1-3-15-21-16(26-22-15)12-20-18(24)14-11-13-5-10-25-19(17(13)27-14)6-8-23(4-2)9-7-19/h11H,3-10,12H2,1-2H3,(H,20,24). The first-order chi connectivity index (χ1) is 13.1. The van der Waals surface area contributed by atoms with Crippen molar-refractivity contribution in [1.82, 2.24) is 20.4 Å². The van der Waals surface area contributed by atoms with Crippen molar-refractivity contribution < 1.29 is 14.1 Å². The van der Waals surface area contributed by atoms with Gasteiger partial charge in [-0.05, 0) is 37.4 Å². The van der Waals surface area contributed by atoms with Gasteiger partial charge in [0.05, 0.1) is 18.0 Å². The molecule has 2 aromatic rings. The van der Waals surface area contributed by atoms with Gasteiger partial charge in [-0.25, -0.2) is 0 Å². The lowest BCUT2D eigenvalue weighted by Gasteiger charge is -2.43. The van der Waals surface area contributed by atoms with Crippen LogP contribution < -0.4 is 5.32 Å². The molecule has 2 aliphatic heterocycles. The van der Waals surface area contributed by atoms with E-state index in [-0.39, 0.29) is 18.1 Å². The molecule has 0 aromatic carbocycles. The Hall–Kier alpha value is -1.77. The first-order valence-corrected chi connectivity index (χ1v) is 10.5. The molecule has 1 N–H and O–H groups in total. The Morgan fingerprint density at radius 2 is 2.19 bits per heavy atom. The van der Waals surface area contributed by atoms with Crippen molar-refractivity contribution in [3.63, 3.8) is 0 Å². The Kier molecular flexibility index (Phi) is 5.29. The van der Waals surface area contributed by atoms with Gasteiger partial charge in [-0.15, -0.1) is 11.3 Å². The normalized spacial score (nSPS) is 19.2. The Morgan fingerprint density at radius 3 is 2.89 bits per heavy atom. The number of ether oxygens (including phenoxy) is 1. The molecule has 1 fully saturated rings. The summed E-state index contributed by atoms with van der Waals surface area (Å²) in [6.07, 6.45) is 3.59. The van der Waals surface area contributed by atoms with E-state index in [1.807, 2.05) is 13.0 Å². The highest BCUT2D eigenvalue weighted by Crippen LogP contribution is 2.45. The van der Waals surface area contributed by atoms with Crippen molar-refractivity contribution in [1.29, 1.82) is 0 Å². The van der Waals surface area contributed by atoms with Crippen LogP contribution in [0.4, 0.5) is 0 Å². The highest BCUT2D eigenvalue weighted by atomic mass is 32.1. The van der Waals surface area contributed by atoms with Crippen LogP contribution in [0.1, 0.15) is 58.5 Å². The second-order valence-electron chi connectivity index (χ2n) is 7.13. The number of nitrogens with zero attached hydrogens (tertiary/aromatic N) is 3. The van der Waals surface area contributed by atoms with Crippen LogP contribution in [0.5, 0.6) is 0 Å². The third kappa shape index (κ3) is 3.66. The lowest BCUT2D eigenvalue weighted by Crippen LogP contribution is -2.45. The van der Waals surface area contributed by atoms with Gasteiger partial charge in [0, 0.05) is 24.4 Å². The van der Waals surface area contributed by atoms with Crippen molar-refractivity contribution in [3.8, 4) is 0 Å². The summed E-state index contributed by atoms with van der Waals surface area (Å²) in [4.78, 5) is 21.3. The van der Waals surface area contributed by atoms with Crippen LogP contribution in [0.25, 0.3) is 0 Å². The number of nitrogens with one attached hydrogen (secondary N) is 1. The first kappa shape index (κ1) is 18.6.